The minimum Gasteiger partial charge on any atom is -0.481 e. The van der Waals surface area contributed by atoms with E-state index in [-0.39, 0.29) is 5.41 Å². The molecule has 2 aliphatic rings. The van der Waals surface area contributed by atoms with Crippen molar-refractivity contribution in [1.82, 2.24) is 0 Å². The summed E-state index contributed by atoms with van der Waals surface area (Å²) in [5, 5.41) is 9.29. The van der Waals surface area contributed by atoms with Gasteiger partial charge in [0.05, 0.1) is 5.41 Å². The van der Waals surface area contributed by atoms with Gasteiger partial charge >= 0.3 is 5.97 Å². The van der Waals surface area contributed by atoms with Crippen LogP contribution >= 0.6 is 0 Å². The zero-order valence-corrected chi connectivity index (χ0v) is 9.46. The highest BCUT2D eigenvalue weighted by molar-refractivity contribution is 5.80. The van der Waals surface area contributed by atoms with Gasteiger partial charge in [-0.25, -0.2) is 0 Å². The largest absolute Gasteiger partial charge is 0.481 e. The van der Waals surface area contributed by atoms with Crippen molar-refractivity contribution < 1.29 is 9.90 Å². The zero-order chi connectivity index (χ0) is 11.1. The molecular formula is C12H21NO2. The van der Waals surface area contributed by atoms with Gasteiger partial charge in [0.15, 0.2) is 0 Å². The number of hydrogen-bond acceptors (Lipinski definition) is 2. The third kappa shape index (κ3) is 1.40. The number of carbonyl (C=O) groups is 1. The maximum Gasteiger partial charge on any atom is 0.311 e. The Morgan fingerprint density at radius 2 is 2.00 bits per heavy atom. The Bertz CT molecular complexity index is 273. The lowest BCUT2D eigenvalue weighted by molar-refractivity contribution is -0.145. The highest BCUT2D eigenvalue weighted by atomic mass is 16.4. The van der Waals surface area contributed by atoms with Crippen LogP contribution in [0.4, 0.5) is 0 Å². The first-order valence-electron chi connectivity index (χ1n) is 6.00. The fraction of sp³-hybridized carbons (Fsp3) is 0.917. The first-order valence-corrected chi connectivity index (χ1v) is 6.00. The zero-order valence-electron chi connectivity index (χ0n) is 9.46. The van der Waals surface area contributed by atoms with Crippen LogP contribution < -0.4 is 5.73 Å². The second-order valence-electron chi connectivity index (χ2n) is 5.52. The molecule has 2 unspecified atom stereocenters. The van der Waals surface area contributed by atoms with Crippen molar-refractivity contribution in [2.75, 3.05) is 6.54 Å². The van der Waals surface area contributed by atoms with Gasteiger partial charge in [0.25, 0.3) is 0 Å². The van der Waals surface area contributed by atoms with Crippen LogP contribution in [0.1, 0.15) is 45.4 Å². The summed E-state index contributed by atoms with van der Waals surface area (Å²) in [4.78, 5) is 11.3. The average molecular weight is 211 g/mol. The van der Waals surface area contributed by atoms with Crippen molar-refractivity contribution in [3.8, 4) is 0 Å². The molecule has 0 aromatic heterocycles. The number of aliphatic carboxylic acids is 1. The fourth-order valence-electron chi connectivity index (χ4n) is 3.57. The molecule has 3 N–H and O–H groups in total. The molecule has 2 saturated carbocycles. The summed E-state index contributed by atoms with van der Waals surface area (Å²) in [5.41, 5.74) is 5.05. The number of nitrogens with two attached hydrogens (primary N) is 1. The summed E-state index contributed by atoms with van der Waals surface area (Å²) >= 11 is 0. The molecule has 2 fully saturated rings. The van der Waals surface area contributed by atoms with Crippen LogP contribution in [0.5, 0.6) is 0 Å². The topological polar surface area (TPSA) is 63.3 Å². The molecule has 2 aliphatic carbocycles. The molecular weight excluding hydrogens is 190 g/mol. The van der Waals surface area contributed by atoms with E-state index in [1.165, 1.54) is 32.1 Å². The molecule has 0 aromatic rings. The first kappa shape index (κ1) is 10.9. The summed E-state index contributed by atoms with van der Waals surface area (Å²) in [6, 6.07) is 0. The minimum absolute atomic E-state index is 0.0198. The second-order valence-corrected chi connectivity index (χ2v) is 5.52. The molecule has 86 valence electrons. The van der Waals surface area contributed by atoms with Gasteiger partial charge in [-0.05, 0) is 30.6 Å². The minimum atomic E-state index is -0.682. The molecule has 3 nitrogen and oxygen atoms in total. The summed E-state index contributed by atoms with van der Waals surface area (Å²) in [5.74, 6) is -0.0935. The van der Waals surface area contributed by atoms with Gasteiger partial charge in [0.1, 0.15) is 0 Å². The fourth-order valence-corrected chi connectivity index (χ4v) is 3.57. The highest BCUT2D eigenvalue weighted by Crippen LogP contribution is 2.69. The highest BCUT2D eigenvalue weighted by Gasteiger charge is 2.70. The molecule has 0 saturated heterocycles. The lowest BCUT2D eigenvalue weighted by atomic mass is 9.74. The SMILES string of the molecule is CC1(C2CCCCC2)CC1(CN)C(=O)O. The second kappa shape index (κ2) is 3.48. The van der Waals surface area contributed by atoms with Crippen molar-refractivity contribution >= 4 is 5.97 Å². The Hall–Kier alpha value is -0.570. The Morgan fingerprint density at radius 3 is 2.40 bits per heavy atom. The summed E-state index contributed by atoms with van der Waals surface area (Å²) in [6.07, 6.45) is 7.03. The summed E-state index contributed by atoms with van der Waals surface area (Å²) in [6.45, 7) is 2.43. The van der Waals surface area contributed by atoms with Gasteiger partial charge in [-0.1, -0.05) is 26.2 Å². The van der Waals surface area contributed by atoms with E-state index in [2.05, 4.69) is 6.92 Å². The van der Waals surface area contributed by atoms with Crippen LogP contribution in [-0.2, 0) is 4.79 Å². The predicted molar refractivity (Wildman–Crippen MR) is 58.4 cm³/mol. The van der Waals surface area contributed by atoms with Crippen LogP contribution in [0.2, 0.25) is 0 Å². The Labute approximate surface area is 91.0 Å². The Balaban J connectivity index is 2.12. The van der Waals surface area contributed by atoms with E-state index in [9.17, 15) is 9.90 Å². The van der Waals surface area contributed by atoms with Crippen molar-refractivity contribution in [2.24, 2.45) is 22.5 Å². The maximum atomic E-state index is 11.3. The predicted octanol–water partition coefficient (Wildman–Crippen LogP) is 2.01. The number of carboxylic acids is 1. The molecule has 0 spiro atoms. The standard InChI is InChI=1S/C12H21NO2/c1-11(9-5-3-2-4-6-9)7-12(11,8-13)10(14)15/h9H,2-8,13H2,1H3,(H,14,15). The van der Waals surface area contributed by atoms with Gasteiger partial charge in [-0.15, -0.1) is 0 Å². The normalized spacial score (nSPS) is 41.5. The average Bonchev–Trinajstić information content (AvgIpc) is 2.89. The molecule has 0 aliphatic heterocycles. The lowest BCUT2D eigenvalue weighted by Crippen LogP contribution is -2.34. The van der Waals surface area contributed by atoms with E-state index in [1.807, 2.05) is 0 Å². The maximum absolute atomic E-state index is 11.3. The molecule has 3 heteroatoms. The number of hydrogen-bond donors (Lipinski definition) is 2. The van der Waals surface area contributed by atoms with E-state index in [0.29, 0.717) is 12.5 Å². The summed E-state index contributed by atoms with van der Waals surface area (Å²) in [7, 11) is 0. The van der Waals surface area contributed by atoms with Crippen LogP contribution in [0.25, 0.3) is 0 Å². The van der Waals surface area contributed by atoms with E-state index < -0.39 is 11.4 Å². The van der Waals surface area contributed by atoms with Gasteiger partial charge in [-0.2, -0.15) is 0 Å². The quantitative estimate of drug-likeness (QED) is 0.750. The van der Waals surface area contributed by atoms with Crippen molar-refractivity contribution in [1.29, 1.82) is 0 Å². The molecule has 0 aromatic carbocycles. The molecule has 0 bridgehead atoms. The lowest BCUT2D eigenvalue weighted by Gasteiger charge is -2.30. The number of rotatable bonds is 3. The van der Waals surface area contributed by atoms with Crippen LogP contribution in [0.15, 0.2) is 0 Å². The van der Waals surface area contributed by atoms with E-state index >= 15 is 0 Å². The van der Waals surface area contributed by atoms with Crippen molar-refractivity contribution in [3.63, 3.8) is 0 Å². The Morgan fingerprint density at radius 1 is 1.40 bits per heavy atom. The molecule has 15 heavy (non-hydrogen) atoms. The third-order valence-corrected chi connectivity index (χ3v) is 4.90. The smallest absolute Gasteiger partial charge is 0.311 e. The van der Waals surface area contributed by atoms with Gasteiger partial charge in [-0.3, -0.25) is 4.79 Å². The molecule has 2 atom stereocenters. The van der Waals surface area contributed by atoms with Crippen molar-refractivity contribution in [2.45, 2.75) is 45.4 Å². The van der Waals surface area contributed by atoms with Gasteiger partial charge in [0.2, 0.25) is 0 Å². The molecule has 0 amide bonds. The van der Waals surface area contributed by atoms with Gasteiger partial charge in [0, 0.05) is 6.54 Å². The third-order valence-electron chi connectivity index (χ3n) is 4.90. The molecule has 2 rings (SSSR count). The van der Waals surface area contributed by atoms with Gasteiger partial charge < -0.3 is 10.8 Å². The van der Waals surface area contributed by atoms with Crippen LogP contribution in [-0.4, -0.2) is 17.6 Å². The summed E-state index contributed by atoms with van der Waals surface area (Å²) < 4.78 is 0. The Kier molecular flexibility index (Phi) is 2.53. The van der Waals surface area contributed by atoms with E-state index in [0.717, 1.165) is 6.42 Å². The van der Waals surface area contributed by atoms with Crippen LogP contribution in [0, 0.1) is 16.7 Å². The number of carboxylic acid groups (broad SMARTS) is 1. The monoisotopic (exact) mass is 211 g/mol. The van der Waals surface area contributed by atoms with Crippen LogP contribution in [0.3, 0.4) is 0 Å². The first-order chi connectivity index (χ1) is 7.07. The molecule has 0 heterocycles. The van der Waals surface area contributed by atoms with E-state index in [1.54, 1.807) is 0 Å². The van der Waals surface area contributed by atoms with Crippen molar-refractivity contribution in [3.05, 3.63) is 0 Å². The van der Waals surface area contributed by atoms with E-state index in [4.69, 9.17) is 5.73 Å². The molecule has 0 radical (unpaired) electrons.